The number of aromatic amines is 2. The smallest absolute Gasteiger partial charge is 0.246 e. The number of aromatic hydroxyl groups is 1. The molecule has 3 saturated heterocycles. The fraction of sp³-hybridized carbons (Fsp3) is 0.575. The number of H-pyrrole nitrogens is 2. The van der Waals surface area contributed by atoms with Gasteiger partial charge in [-0.15, -0.1) is 0 Å². The number of phenols is 1. The van der Waals surface area contributed by atoms with Gasteiger partial charge in [0.2, 0.25) is 88.6 Å². The number of likely N-dealkylation sites (N-methyl/N-ethyl adjacent to an activating group) is 3. The van der Waals surface area contributed by atoms with Crippen molar-refractivity contribution in [2.75, 3.05) is 58.8 Å². The van der Waals surface area contributed by atoms with E-state index in [1.807, 2.05) is 90.1 Å². The number of nitrogens with zero attached hydrogens (tertiary/aromatic N) is 5. The predicted molar refractivity (Wildman–Crippen MR) is 462 cm³/mol. The normalized spacial score (nSPS) is 25.0. The minimum atomic E-state index is -1.79. The van der Waals surface area contributed by atoms with Gasteiger partial charge in [-0.25, -0.2) is 0 Å². The monoisotopic (exact) mass is 1710 g/mol. The van der Waals surface area contributed by atoms with Gasteiger partial charge in [0, 0.05) is 100.0 Å². The van der Waals surface area contributed by atoms with Gasteiger partial charge in [0.15, 0.2) is 0 Å². The molecule has 12 atom stereocenters. The maximum absolute atomic E-state index is 15.7. The van der Waals surface area contributed by atoms with Gasteiger partial charge in [-0.1, -0.05) is 116 Å². The summed E-state index contributed by atoms with van der Waals surface area (Å²) >= 11 is 1.12. The molecule has 0 unspecified atom stereocenters. The number of hydrogen-bond acceptors (Lipinski definition) is 18. The molecule has 5 heterocycles. The molecule has 5 aromatic rings. The largest absolute Gasteiger partial charge is 0.508 e. The number of aromatic nitrogens is 2. The first-order valence-electron chi connectivity index (χ1n) is 42.5. The van der Waals surface area contributed by atoms with Crippen molar-refractivity contribution in [1.29, 1.82) is 0 Å². The van der Waals surface area contributed by atoms with E-state index in [0.29, 0.717) is 48.8 Å². The number of thioether (sulfide) groups is 1. The van der Waals surface area contributed by atoms with Crippen molar-refractivity contribution >= 4 is 122 Å². The minimum Gasteiger partial charge on any atom is -0.508 e. The van der Waals surface area contributed by atoms with E-state index in [9.17, 15) is 48.3 Å². The van der Waals surface area contributed by atoms with Crippen LogP contribution >= 0.6 is 11.8 Å². The van der Waals surface area contributed by atoms with Crippen molar-refractivity contribution in [3.63, 3.8) is 0 Å². The highest BCUT2D eigenvalue weighted by Crippen LogP contribution is 2.28. The van der Waals surface area contributed by atoms with Crippen LogP contribution in [0.2, 0.25) is 0 Å². The Morgan fingerprint density at radius 2 is 1.02 bits per heavy atom. The Balaban J connectivity index is 1.14. The third-order valence-corrected chi connectivity index (χ3v) is 23.8. The van der Waals surface area contributed by atoms with Gasteiger partial charge < -0.3 is 98.9 Å². The van der Waals surface area contributed by atoms with Crippen LogP contribution in [0.5, 0.6) is 5.75 Å². The number of fused-ring (bicyclic) bond motifs is 4. The van der Waals surface area contributed by atoms with Crippen LogP contribution in [-0.4, -0.2) is 265 Å². The van der Waals surface area contributed by atoms with Gasteiger partial charge in [-0.2, -0.15) is 11.8 Å². The molecular formula is C87H126N18O16S. The lowest BCUT2D eigenvalue weighted by Gasteiger charge is -2.36. The Morgan fingerprint density at radius 1 is 0.525 bits per heavy atom. The Morgan fingerprint density at radius 3 is 1.59 bits per heavy atom. The number of nitrogens with one attached hydrogen (secondary N) is 11. The van der Waals surface area contributed by atoms with Crippen molar-refractivity contribution in [3.8, 4) is 5.75 Å². The number of benzene rings is 3. The second-order valence-corrected chi connectivity index (χ2v) is 34.7. The van der Waals surface area contributed by atoms with Crippen LogP contribution in [-0.2, 0) is 91.2 Å². The number of hydrogen-bond donors (Lipinski definition) is 14. The van der Waals surface area contributed by atoms with E-state index >= 15 is 28.8 Å². The highest BCUT2D eigenvalue weighted by atomic mass is 32.2. The molecule has 0 aliphatic carbocycles. The van der Waals surface area contributed by atoms with Gasteiger partial charge in [0.05, 0.1) is 12.2 Å². The van der Waals surface area contributed by atoms with Crippen molar-refractivity contribution < 1.29 is 77.0 Å². The summed E-state index contributed by atoms with van der Waals surface area (Å²) in [5.74, 6) is -11.7. The zero-order valence-electron chi connectivity index (χ0n) is 72.3. The number of rotatable bonds is 20. The van der Waals surface area contributed by atoms with E-state index in [4.69, 9.17) is 11.5 Å². The molecule has 3 aromatic carbocycles. The van der Waals surface area contributed by atoms with Gasteiger partial charge in [0.25, 0.3) is 0 Å². The summed E-state index contributed by atoms with van der Waals surface area (Å²) < 4.78 is 0. The van der Waals surface area contributed by atoms with E-state index in [2.05, 4.69) is 57.8 Å². The molecule has 35 heteroatoms. The molecule has 666 valence electrons. The Bertz CT molecular complexity index is 4530. The second-order valence-electron chi connectivity index (χ2n) is 33.6. The van der Waals surface area contributed by atoms with Gasteiger partial charge in [-0.05, 0) is 138 Å². The first kappa shape index (κ1) is 96.4. The van der Waals surface area contributed by atoms with Gasteiger partial charge in [0.1, 0.15) is 83.8 Å². The van der Waals surface area contributed by atoms with E-state index in [1.165, 1.54) is 68.7 Å². The lowest BCUT2D eigenvalue weighted by atomic mass is 9.98. The molecule has 2 aromatic heterocycles. The first-order chi connectivity index (χ1) is 58.0. The highest BCUT2D eigenvalue weighted by molar-refractivity contribution is 7.99. The number of carbonyl (C=O) groups excluding carboxylic acids is 15. The number of phenolic OH excluding ortho intramolecular Hbond substituents is 1. The third-order valence-electron chi connectivity index (χ3n) is 22.9. The standard InChI is InChI=1S/C87H126N18O16S/c1-13-15-27-68-78(113)95-62(41-50(3)4)75(110)90-37-40-122-49-73(108)93-65(43-53-31-33-56(106)34-32-53)81(116)101(10)52(7)74(109)97-67(46-72(89)107)84(119)105-39-22-30-70(105)80(115)100-87(8,9)86(121)99-64(42-51(5)6)83(118)104-38-21-29-69(104)79(114)96-63(44-54-47-91-59-25-19-17-23-57(54)59)77(112)94-61(35-36-88)76(111)98-66(45-55-48-92-60-26-20-18-24-58(55)60)82(117)103(12)71(28-16-14-2)85(120)102(68)11/h17-20,23-26,31-34,47-48,50-52,61-71,91-92,106H,13-16,21-22,27-30,35-46,49,88H2,1-12H3,(H2,89,107)(H,90,110)(H,93,108)(H,94,112)(H,95,113)(H,96,114)(H,97,109)(H,98,111)(H,99,121)(H,100,115)/t52-,61-,62-,63-,64-,65-,66-,67-,68-,69-,70-,71-/m0/s1. The van der Waals surface area contributed by atoms with E-state index in [0.717, 1.165) is 43.4 Å². The number of unbranched alkanes of at least 4 members (excludes halogenated alkanes) is 2. The zero-order chi connectivity index (χ0) is 89.4. The average molecular weight is 1710 g/mol. The van der Waals surface area contributed by atoms with Crippen molar-refractivity contribution in [3.05, 3.63) is 102 Å². The molecule has 16 N–H and O–H groups in total. The van der Waals surface area contributed by atoms with E-state index in [-0.39, 0.29) is 126 Å². The molecule has 15 amide bonds. The molecule has 3 aliphatic heterocycles. The number of para-hydroxylation sites is 2. The number of carbonyl (C=O) groups is 15. The molecule has 0 bridgehead atoms. The summed E-state index contributed by atoms with van der Waals surface area (Å²) in [6, 6.07) is 4.72. The van der Waals surface area contributed by atoms with Crippen LogP contribution in [0.25, 0.3) is 21.8 Å². The summed E-state index contributed by atoms with van der Waals surface area (Å²) in [6.45, 7) is 15.3. The van der Waals surface area contributed by atoms with E-state index in [1.54, 1.807) is 24.5 Å². The molecule has 0 radical (unpaired) electrons. The predicted octanol–water partition coefficient (Wildman–Crippen LogP) is 2.71. The molecule has 8 rings (SSSR count). The highest BCUT2D eigenvalue weighted by Gasteiger charge is 2.46. The Labute approximate surface area is 717 Å². The van der Waals surface area contributed by atoms with Crippen LogP contribution in [0.3, 0.4) is 0 Å². The Kier molecular flexibility index (Phi) is 35.7. The second kappa shape index (κ2) is 45.2. The molecule has 0 saturated carbocycles. The van der Waals surface area contributed by atoms with E-state index < -0.39 is 173 Å². The fourth-order valence-electron chi connectivity index (χ4n) is 15.9. The maximum Gasteiger partial charge on any atom is 0.246 e. The van der Waals surface area contributed by atoms with Gasteiger partial charge >= 0.3 is 0 Å². The summed E-state index contributed by atoms with van der Waals surface area (Å²) in [6.07, 6.45) is 5.67. The molecule has 34 nitrogen and oxygen atoms in total. The van der Waals surface area contributed by atoms with Crippen LogP contribution in [0.1, 0.15) is 169 Å². The summed E-state index contributed by atoms with van der Waals surface area (Å²) in [4.78, 5) is 233. The third kappa shape index (κ3) is 26.0. The molecule has 3 aliphatic rings. The maximum atomic E-state index is 15.7. The van der Waals surface area contributed by atoms with Crippen LogP contribution in [0, 0.1) is 11.8 Å². The van der Waals surface area contributed by atoms with Crippen LogP contribution < -0.4 is 59.3 Å². The number of nitrogens with two attached hydrogens (primary N) is 2. The topological polar surface area (TPSA) is 484 Å². The first-order valence-corrected chi connectivity index (χ1v) is 43.7. The van der Waals surface area contributed by atoms with Crippen LogP contribution in [0.4, 0.5) is 0 Å². The quantitative estimate of drug-likeness (QED) is 0.0533. The van der Waals surface area contributed by atoms with Gasteiger partial charge in [-0.3, -0.25) is 71.9 Å². The number of primary amides is 1. The minimum absolute atomic E-state index is 0.0184. The molecular weight excluding hydrogens is 1590 g/mol. The van der Waals surface area contributed by atoms with Crippen molar-refractivity contribution in [1.82, 2.24) is 82.3 Å². The lowest BCUT2D eigenvalue weighted by molar-refractivity contribution is -0.149. The lowest BCUT2D eigenvalue weighted by Crippen LogP contribution is -2.63. The zero-order valence-corrected chi connectivity index (χ0v) is 73.1. The Hall–Kier alpha value is -11.1. The summed E-state index contributed by atoms with van der Waals surface area (Å²) in [5, 5.41) is 37.0. The molecule has 122 heavy (non-hydrogen) atoms. The SMILES string of the molecule is CCCC[C@H]1C(=O)N(C)[C@@H](CCCC)C(=O)N[C@@H](CC(C)C)C(=O)NCCSCC(=O)N[C@@H](Cc2ccc(O)cc2)C(=O)N(C)[C@@H](C)C(=O)N[C@@H](CC(N)=O)C(=O)N2CCC[C@H]2C(=O)NC(C)(C)C(=O)N[C@@H](CC(C)C)C(=O)N2CCC[C@H]2C(=O)N[C@@H](Cc2c[nH]c3ccccc23)C(=O)N[C@@H](CCN)C(=O)N[C@@H](Cc2c[nH]c3ccccc23)C(=O)N1C. The summed E-state index contributed by atoms with van der Waals surface area (Å²) in [7, 11) is 4.24. The molecule has 3 fully saturated rings. The molecule has 0 spiro atoms. The average Bonchev–Trinajstić information content (AvgIpc) is 1.43. The van der Waals surface area contributed by atoms with Crippen molar-refractivity contribution in [2.45, 2.75) is 250 Å². The van der Waals surface area contributed by atoms with Crippen molar-refractivity contribution in [2.24, 2.45) is 23.3 Å². The summed E-state index contributed by atoms with van der Waals surface area (Å²) in [5.41, 5.74) is 13.4. The number of amides is 15. The fourth-order valence-corrected chi connectivity index (χ4v) is 16.5. The van der Waals surface area contributed by atoms with Crippen LogP contribution in [0.15, 0.2) is 85.2 Å².